The van der Waals surface area contributed by atoms with E-state index in [4.69, 9.17) is 16.7 Å². The van der Waals surface area contributed by atoms with Gasteiger partial charge in [-0.3, -0.25) is 0 Å². The first kappa shape index (κ1) is 10.8. The Balaban J connectivity index is 3.03. The van der Waals surface area contributed by atoms with E-state index in [0.717, 1.165) is 15.6 Å². The molecule has 0 saturated carbocycles. The number of rotatable bonds is 2. The molecule has 0 spiro atoms. The Morgan fingerprint density at radius 2 is 2.31 bits per heavy atom. The van der Waals surface area contributed by atoms with Gasteiger partial charge in [0, 0.05) is 9.50 Å². The minimum atomic E-state index is 0.0619. The van der Waals surface area contributed by atoms with Crippen molar-refractivity contribution < 1.29 is 5.11 Å². The van der Waals surface area contributed by atoms with Crippen molar-refractivity contribution in [3.8, 4) is 0 Å². The molecule has 1 aromatic carbocycles. The van der Waals surface area contributed by atoms with E-state index >= 15 is 0 Å². The lowest BCUT2D eigenvalue weighted by atomic mass is 10.1. The Morgan fingerprint density at radius 1 is 1.62 bits per heavy atom. The quantitative estimate of drug-likeness (QED) is 0.864. The molecule has 1 aromatic rings. The topological polar surface area (TPSA) is 20.2 Å². The summed E-state index contributed by atoms with van der Waals surface area (Å²) in [6.07, 6.45) is 1.87. The lowest BCUT2D eigenvalue weighted by Crippen LogP contribution is -1.84. The zero-order chi connectivity index (χ0) is 9.84. The van der Waals surface area contributed by atoms with Crippen molar-refractivity contribution in [3.63, 3.8) is 0 Å². The predicted octanol–water partition coefficient (Wildman–Crippen LogP) is 3.50. The van der Waals surface area contributed by atoms with Crippen LogP contribution in [0.1, 0.15) is 12.5 Å². The molecule has 0 bridgehead atoms. The van der Waals surface area contributed by atoms with Gasteiger partial charge < -0.3 is 5.11 Å². The molecule has 0 aromatic heterocycles. The minimum absolute atomic E-state index is 0.0619. The number of hydrogen-bond donors (Lipinski definition) is 1. The van der Waals surface area contributed by atoms with Crippen LogP contribution in [0.4, 0.5) is 0 Å². The fourth-order valence-corrected chi connectivity index (χ4v) is 1.66. The van der Waals surface area contributed by atoms with E-state index in [1.165, 1.54) is 0 Å². The average Bonchev–Trinajstić information content (AvgIpc) is 2.09. The van der Waals surface area contributed by atoms with E-state index in [2.05, 4.69) is 15.9 Å². The second-order valence-electron chi connectivity index (χ2n) is 2.81. The summed E-state index contributed by atoms with van der Waals surface area (Å²) in [6, 6.07) is 5.66. The van der Waals surface area contributed by atoms with Crippen LogP contribution in [0.2, 0.25) is 5.02 Å². The van der Waals surface area contributed by atoms with Gasteiger partial charge in [-0.15, -0.1) is 0 Å². The first-order valence-electron chi connectivity index (χ1n) is 3.86. The molecule has 0 amide bonds. The SMILES string of the molecule is C/C(=C/c1ccc(Br)cc1Cl)CO. The van der Waals surface area contributed by atoms with Gasteiger partial charge in [-0.1, -0.05) is 39.7 Å². The van der Waals surface area contributed by atoms with E-state index in [-0.39, 0.29) is 6.61 Å². The van der Waals surface area contributed by atoms with Crippen molar-refractivity contribution in [2.75, 3.05) is 6.61 Å². The molecule has 0 saturated heterocycles. The number of aliphatic hydroxyl groups is 1. The lowest BCUT2D eigenvalue weighted by molar-refractivity contribution is 0.332. The van der Waals surface area contributed by atoms with Crippen LogP contribution >= 0.6 is 27.5 Å². The van der Waals surface area contributed by atoms with Crippen molar-refractivity contribution in [1.82, 2.24) is 0 Å². The summed E-state index contributed by atoms with van der Waals surface area (Å²) in [5.74, 6) is 0. The smallest absolute Gasteiger partial charge is 0.0642 e. The highest BCUT2D eigenvalue weighted by molar-refractivity contribution is 9.10. The van der Waals surface area contributed by atoms with Crippen LogP contribution in [0.15, 0.2) is 28.2 Å². The molecule has 1 rings (SSSR count). The highest BCUT2D eigenvalue weighted by Crippen LogP contribution is 2.23. The van der Waals surface area contributed by atoms with Crippen LogP contribution in [-0.2, 0) is 0 Å². The Hall–Kier alpha value is -0.310. The van der Waals surface area contributed by atoms with Gasteiger partial charge >= 0.3 is 0 Å². The Kier molecular flexibility index (Phi) is 3.97. The zero-order valence-electron chi connectivity index (χ0n) is 7.22. The van der Waals surface area contributed by atoms with Gasteiger partial charge in [-0.2, -0.15) is 0 Å². The Morgan fingerprint density at radius 3 is 2.85 bits per heavy atom. The maximum absolute atomic E-state index is 8.82. The van der Waals surface area contributed by atoms with Gasteiger partial charge in [0.2, 0.25) is 0 Å². The molecular formula is C10H10BrClO. The second kappa shape index (κ2) is 4.80. The molecule has 13 heavy (non-hydrogen) atoms. The molecule has 0 aliphatic carbocycles. The van der Waals surface area contributed by atoms with E-state index in [9.17, 15) is 0 Å². The van der Waals surface area contributed by atoms with Crippen molar-refractivity contribution in [2.24, 2.45) is 0 Å². The number of benzene rings is 1. The third-order valence-corrected chi connectivity index (χ3v) is 2.43. The van der Waals surface area contributed by atoms with Gasteiger partial charge in [-0.25, -0.2) is 0 Å². The first-order valence-corrected chi connectivity index (χ1v) is 5.03. The standard InChI is InChI=1S/C10H10BrClO/c1-7(6-13)4-8-2-3-9(11)5-10(8)12/h2-5,13H,6H2,1H3/b7-4-. The molecule has 1 nitrogen and oxygen atoms in total. The molecule has 0 aliphatic rings. The summed E-state index contributed by atoms with van der Waals surface area (Å²) >= 11 is 9.30. The molecular weight excluding hydrogens is 251 g/mol. The van der Waals surface area contributed by atoms with Crippen LogP contribution in [0.3, 0.4) is 0 Å². The van der Waals surface area contributed by atoms with E-state index < -0.39 is 0 Å². The number of aliphatic hydroxyl groups excluding tert-OH is 1. The van der Waals surface area contributed by atoms with Gasteiger partial charge in [-0.05, 0) is 30.2 Å². The number of halogens is 2. The van der Waals surface area contributed by atoms with Crippen molar-refractivity contribution in [1.29, 1.82) is 0 Å². The van der Waals surface area contributed by atoms with Crippen molar-refractivity contribution in [3.05, 3.63) is 38.8 Å². The molecule has 0 heterocycles. The minimum Gasteiger partial charge on any atom is -0.392 e. The maximum atomic E-state index is 8.82. The fraction of sp³-hybridized carbons (Fsp3) is 0.200. The van der Waals surface area contributed by atoms with Crippen molar-refractivity contribution in [2.45, 2.75) is 6.92 Å². The Labute approximate surface area is 91.2 Å². The molecule has 0 unspecified atom stereocenters. The molecule has 0 radical (unpaired) electrons. The van der Waals surface area contributed by atoms with Gasteiger partial charge in [0.1, 0.15) is 0 Å². The van der Waals surface area contributed by atoms with E-state index in [1.54, 1.807) is 0 Å². The second-order valence-corrected chi connectivity index (χ2v) is 4.14. The number of hydrogen-bond acceptors (Lipinski definition) is 1. The van der Waals surface area contributed by atoms with Crippen LogP contribution in [0.5, 0.6) is 0 Å². The summed E-state index contributed by atoms with van der Waals surface area (Å²) in [4.78, 5) is 0. The molecule has 0 fully saturated rings. The largest absolute Gasteiger partial charge is 0.392 e. The fourth-order valence-electron chi connectivity index (χ4n) is 0.930. The van der Waals surface area contributed by atoms with E-state index in [0.29, 0.717) is 5.02 Å². The molecule has 1 N–H and O–H groups in total. The molecule has 0 atom stereocenters. The predicted molar refractivity (Wildman–Crippen MR) is 59.9 cm³/mol. The van der Waals surface area contributed by atoms with Gasteiger partial charge in [0.25, 0.3) is 0 Å². The summed E-state index contributed by atoms with van der Waals surface area (Å²) in [5.41, 5.74) is 1.82. The normalized spacial score (nSPS) is 11.8. The third kappa shape index (κ3) is 3.14. The highest BCUT2D eigenvalue weighted by atomic mass is 79.9. The van der Waals surface area contributed by atoms with Crippen LogP contribution in [0.25, 0.3) is 6.08 Å². The summed E-state index contributed by atoms with van der Waals surface area (Å²) in [6.45, 7) is 1.92. The summed E-state index contributed by atoms with van der Waals surface area (Å²) < 4.78 is 0.955. The molecule has 3 heteroatoms. The monoisotopic (exact) mass is 260 g/mol. The van der Waals surface area contributed by atoms with Crippen LogP contribution in [-0.4, -0.2) is 11.7 Å². The van der Waals surface area contributed by atoms with Gasteiger partial charge in [0.15, 0.2) is 0 Å². The zero-order valence-corrected chi connectivity index (χ0v) is 9.56. The highest BCUT2D eigenvalue weighted by Gasteiger charge is 1.97. The third-order valence-electron chi connectivity index (χ3n) is 1.61. The summed E-state index contributed by atoms with van der Waals surface area (Å²) in [7, 11) is 0. The first-order chi connectivity index (χ1) is 6.13. The van der Waals surface area contributed by atoms with Crippen LogP contribution < -0.4 is 0 Å². The maximum Gasteiger partial charge on any atom is 0.0642 e. The van der Waals surface area contributed by atoms with E-state index in [1.807, 2.05) is 31.2 Å². The molecule has 0 aliphatic heterocycles. The van der Waals surface area contributed by atoms with Crippen LogP contribution in [0, 0.1) is 0 Å². The average molecular weight is 262 g/mol. The van der Waals surface area contributed by atoms with Crippen molar-refractivity contribution >= 4 is 33.6 Å². The summed E-state index contributed by atoms with van der Waals surface area (Å²) in [5, 5.41) is 9.50. The van der Waals surface area contributed by atoms with Gasteiger partial charge in [0.05, 0.1) is 6.61 Å². The Bertz CT molecular complexity index is 334. The lowest BCUT2D eigenvalue weighted by Gasteiger charge is -2.00. The molecule has 70 valence electrons.